The van der Waals surface area contributed by atoms with Crippen LogP contribution < -0.4 is 4.72 Å². The first-order valence-electron chi connectivity index (χ1n) is 9.22. The van der Waals surface area contributed by atoms with Gasteiger partial charge in [0, 0.05) is 30.2 Å². The summed E-state index contributed by atoms with van der Waals surface area (Å²) in [5.41, 5.74) is 0.448. The number of pyridine rings is 1. The maximum absolute atomic E-state index is 13.4. The summed E-state index contributed by atoms with van der Waals surface area (Å²) in [5, 5.41) is 11.4. The summed E-state index contributed by atoms with van der Waals surface area (Å²) in [7, 11) is -3.94. The van der Waals surface area contributed by atoms with E-state index in [2.05, 4.69) is 9.71 Å². The van der Waals surface area contributed by atoms with Crippen LogP contribution in [0.2, 0.25) is 0 Å². The van der Waals surface area contributed by atoms with Crippen LogP contribution in [0.1, 0.15) is 11.1 Å². The second-order valence-electron chi connectivity index (χ2n) is 6.96. The first kappa shape index (κ1) is 21.7. The Kier molecular flexibility index (Phi) is 5.98. The van der Waals surface area contributed by atoms with Crippen molar-refractivity contribution in [3.8, 4) is 0 Å². The Labute approximate surface area is 189 Å². The van der Waals surface area contributed by atoms with Crippen LogP contribution in [-0.2, 0) is 22.3 Å². The van der Waals surface area contributed by atoms with Crippen molar-refractivity contribution < 1.29 is 17.9 Å². The summed E-state index contributed by atoms with van der Waals surface area (Å²) in [6, 6.07) is 14.9. The van der Waals surface area contributed by atoms with E-state index >= 15 is 0 Å². The number of anilines is 1. The van der Waals surface area contributed by atoms with E-state index < -0.39 is 21.6 Å². The molecule has 3 aromatic rings. The minimum atomic E-state index is -3.94. The van der Waals surface area contributed by atoms with E-state index in [9.17, 15) is 17.9 Å². The minimum absolute atomic E-state index is 0.171. The average Bonchev–Trinajstić information content (AvgIpc) is 3.04. The Balaban J connectivity index is 1.56. The molecular weight excluding hydrogens is 457 g/mol. The number of benzene rings is 2. The van der Waals surface area contributed by atoms with Gasteiger partial charge in [0.05, 0.1) is 10.6 Å². The molecule has 160 valence electrons. The lowest BCUT2D eigenvalue weighted by Gasteiger charge is -2.34. The van der Waals surface area contributed by atoms with Gasteiger partial charge in [-0.05, 0) is 42.0 Å². The quantitative estimate of drug-likeness (QED) is 0.526. The van der Waals surface area contributed by atoms with Crippen LogP contribution in [-0.4, -0.2) is 33.5 Å². The third kappa shape index (κ3) is 4.57. The molecule has 4 rings (SSSR count). The predicted molar refractivity (Wildman–Crippen MR) is 122 cm³/mol. The molecule has 0 saturated carbocycles. The van der Waals surface area contributed by atoms with E-state index in [0.717, 1.165) is 11.6 Å². The fourth-order valence-corrected chi connectivity index (χ4v) is 5.73. The Bertz CT molecular complexity index is 1210. The van der Waals surface area contributed by atoms with Crippen LogP contribution in [0.3, 0.4) is 0 Å². The molecule has 31 heavy (non-hydrogen) atoms. The Morgan fingerprint density at radius 3 is 2.65 bits per heavy atom. The number of sulfonamides is 1. The molecule has 1 aromatic heterocycles. The SMILES string of the molecule is O=S(=O)(Nc1ccc(C2(O)CSC(=S)N2Cc2cccnc2)cc1)c1cccc(F)c1. The average molecular weight is 476 g/mol. The Morgan fingerprint density at radius 1 is 1.19 bits per heavy atom. The molecule has 1 unspecified atom stereocenters. The summed E-state index contributed by atoms with van der Waals surface area (Å²) >= 11 is 6.82. The van der Waals surface area contributed by atoms with Crippen LogP contribution in [0.15, 0.2) is 78.0 Å². The molecule has 1 atom stereocenters. The highest BCUT2D eigenvalue weighted by Crippen LogP contribution is 2.40. The van der Waals surface area contributed by atoms with Crippen molar-refractivity contribution >= 4 is 44.0 Å². The monoisotopic (exact) mass is 475 g/mol. The van der Waals surface area contributed by atoms with Crippen LogP contribution in [0.25, 0.3) is 0 Å². The van der Waals surface area contributed by atoms with Gasteiger partial charge in [0.15, 0.2) is 5.72 Å². The summed E-state index contributed by atoms with van der Waals surface area (Å²) in [6.07, 6.45) is 3.40. The van der Waals surface area contributed by atoms with E-state index in [1.54, 1.807) is 41.6 Å². The van der Waals surface area contributed by atoms with Gasteiger partial charge in [0.2, 0.25) is 0 Å². The second-order valence-corrected chi connectivity index (χ2v) is 10.3. The van der Waals surface area contributed by atoms with Crippen LogP contribution >= 0.6 is 24.0 Å². The highest BCUT2D eigenvalue weighted by Gasteiger charge is 2.44. The first-order valence-corrected chi connectivity index (χ1v) is 12.1. The second kappa shape index (κ2) is 8.54. The van der Waals surface area contributed by atoms with Crippen molar-refractivity contribution in [1.82, 2.24) is 9.88 Å². The van der Waals surface area contributed by atoms with Gasteiger partial charge in [-0.1, -0.05) is 48.2 Å². The topological polar surface area (TPSA) is 82.5 Å². The molecule has 1 aliphatic heterocycles. The molecule has 2 heterocycles. The first-order chi connectivity index (χ1) is 14.8. The van der Waals surface area contributed by atoms with E-state index in [0.29, 0.717) is 27.9 Å². The largest absolute Gasteiger partial charge is 0.366 e. The number of hydrogen-bond acceptors (Lipinski definition) is 6. The molecule has 0 radical (unpaired) electrons. The summed E-state index contributed by atoms with van der Waals surface area (Å²) in [5.74, 6) is -0.288. The number of thioether (sulfide) groups is 1. The van der Waals surface area contributed by atoms with Crippen molar-refractivity contribution in [2.24, 2.45) is 0 Å². The molecule has 0 amide bonds. The van der Waals surface area contributed by atoms with Gasteiger partial charge in [-0.15, -0.1) is 0 Å². The number of halogens is 1. The molecule has 0 bridgehead atoms. The lowest BCUT2D eigenvalue weighted by Crippen LogP contribution is -2.44. The molecule has 2 aromatic carbocycles. The summed E-state index contributed by atoms with van der Waals surface area (Å²) < 4.78 is 41.4. The highest BCUT2D eigenvalue weighted by atomic mass is 32.2. The van der Waals surface area contributed by atoms with E-state index in [4.69, 9.17) is 12.2 Å². The summed E-state index contributed by atoms with van der Waals surface area (Å²) in [4.78, 5) is 5.66. The van der Waals surface area contributed by atoms with Crippen LogP contribution in [0, 0.1) is 5.82 Å². The molecule has 0 spiro atoms. The Morgan fingerprint density at radius 2 is 1.97 bits per heavy atom. The fourth-order valence-electron chi connectivity index (χ4n) is 3.23. The van der Waals surface area contributed by atoms with Gasteiger partial charge in [0.25, 0.3) is 10.0 Å². The molecule has 1 saturated heterocycles. The van der Waals surface area contributed by atoms with Gasteiger partial charge in [0.1, 0.15) is 10.1 Å². The molecule has 1 fully saturated rings. The number of thiocarbonyl (C=S) groups is 1. The van der Waals surface area contributed by atoms with Gasteiger partial charge >= 0.3 is 0 Å². The van der Waals surface area contributed by atoms with Crippen molar-refractivity contribution in [3.05, 3.63) is 90.0 Å². The smallest absolute Gasteiger partial charge is 0.261 e. The van der Waals surface area contributed by atoms with Crippen LogP contribution in [0.4, 0.5) is 10.1 Å². The van der Waals surface area contributed by atoms with Gasteiger partial charge in [-0.25, -0.2) is 12.8 Å². The van der Waals surface area contributed by atoms with Crippen molar-refractivity contribution in [2.75, 3.05) is 10.5 Å². The van der Waals surface area contributed by atoms with Gasteiger partial charge in [-0.2, -0.15) is 0 Å². The number of nitrogens with zero attached hydrogens (tertiary/aromatic N) is 2. The van der Waals surface area contributed by atoms with Gasteiger partial charge in [-0.3, -0.25) is 9.71 Å². The molecule has 10 heteroatoms. The standard InChI is InChI=1S/C21H18FN3O3S3/c22-17-4-1-5-19(11-17)31(27,28)24-18-8-6-16(7-9-18)21(26)14-30-20(29)25(21)13-15-3-2-10-23-12-15/h1-12,24,26H,13-14H2. The van der Waals surface area contributed by atoms with Gasteiger partial charge < -0.3 is 10.0 Å². The molecule has 6 nitrogen and oxygen atoms in total. The fraction of sp³-hybridized carbons (Fsp3) is 0.143. The molecule has 2 N–H and O–H groups in total. The molecule has 0 aliphatic carbocycles. The summed E-state index contributed by atoms with van der Waals surface area (Å²) in [6.45, 7) is 0.393. The zero-order chi connectivity index (χ0) is 22.1. The maximum atomic E-state index is 13.4. The van der Waals surface area contributed by atoms with E-state index in [-0.39, 0.29) is 4.90 Å². The highest BCUT2D eigenvalue weighted by molar-refractivity contribution is 8.23. The van der Waals surface area contributed by atoms with Crippen molar-refractivity contribution in [1.29, 1.82) is 0 Å². The Hall–Kier alpha value is -2.53. The maximum Gasteiger partial charge on any atom is 0.261 e. The molecule has 1 aliphatic rings. The van der Waals surface area contributed by atoms with Crippen molar-refractivity contribution in [2.45, 2.75) is 17.2 Å². The number of hydrogen-bond donors (Lipinski definition) is 2. The number of rotatable bonds is 6. The van der Waals surface area contributed by atoms with E-state index in [1.807, 2.05) is 12.1 Å². The third-order valence-electron chi connectivity index (χ3n) is 4.83. The number of aromatic nitrogens is 1. The number of nitrogens with one attached hydrogen (secondary N) is 1. The van der Waals surface area contributed by atoms with E-state index in [1.165, 1.54) is 30.0 Å². The molecular formula is C21H18FN3O3S3. The minimum Gasteiger partial charge on any atom is -0.366 e. The lowest BCUT2D eigenvalue weighted by atomic mass is 10.0. The third-order valence-corrected chi connectivity index (χ3v) is 7.80. The van der Waals surface area contributed by atoms with Crippen molar-refractivity contribution in [3.63, 3.8) is 0 Å². The van der Waals surface area contributed by atoms with Crippen LogP contribution in [0.5, 0.6) is 0 Å². The number of aliphatic hydroxyl groups is 1. The normalized spacial score (nSPS) is 18.9. The predicted octanol–water partition coefficient (Wildman–Crippen LogP) is 3.70. The zero-order valence-electron chi connectivity index (χ0n) is 16.1. The zero-order valence-corrected chi connectivity index (χ0v) is 18.6. The lowest BCUT2D eigenvalue weighted by molar-refractivity contribution is -0.0508.